The molecule has 1 aliphatic heterocycles. The highest BCUT2D eigenvalue weighted by Gasteiger charge is 2.25. The molecule has 0 saturated carbocycles. The molecule has 0 fully saturated rings. The first-order chi connectivity index (χ1) is 19.5. The van der Waals surface area contributed by atoms with E-state index in [1.165, 1.54) is 29.8 Å². The van der Waals surface area contributed by atoms with Crippen LogP contribution in [0.1, 0.15) is 23.0 Å². The molecule has 0 radical (unpaired) electrons. The summed E-state index contributed by atoms with van der Waals surface area (Å²) in [5, 5.41) is 2.63. The lowest BCUT2D eigenvalue weighted by Gasteiger charge is -2.14. The fraction of sp³-hybridized carbons (Fsp3) is 0.179. The van der Waals surface area contributed by atoms with Crippen LogP contribution in [-0.4, -0.2) is 42.6 Å². The summed E-state index contributed by atoms with van der Waals surface area (Å²) in [6.45, 7) is 3.09. The fourth-order valence-corrected chi connectivity index (χ4v) is 5.33. The van der Waals surface area contributed by atoms with Gasteiger partial charge in [0.1, 0.15) is 5.69 Å². The molecule has 5 rings (SSSR count). The summed E-state index contributed by atoms with van der Waals surface area (Å²) in [6, 6.07) is 18.7. The van der Waals surface area contributed by atoms with Gasteiger partial charge in [-0.1, -0.05) is 24.3 Å². The number of hydrogen-bond acceptors (Lipinski definition) is 8. The number of hydrogen-bond donors (Lipinski definition) is 2. The Balaban J connectivity index is 1.30. The number of carbonyl (C=O) groups is 2. The Morgan fingerprint density at radius 3 is 2.46 bits per heavy atom. The SMILES string of the molecule is Cc1c(NS(=O)(=O)c2cccc(C(=O)OC(C)C(=O)Nc3ccc4c(c3)OCO4)c2)c(=O)n(-c2ccccc2)n1C. The summed E-state index contributed by atoms with van der Waals surface area (Å²) in [5.41, 5.74) is 0.594. The van der Waals surface area contributed by atoms with Crippen molar-refractivity contribution in [1.29, 1.82) is 0 Å². The van der Waals surface area contributed by atoms with E-state index in [-0.39, 0.29) is 22.9 Å². The number of ether oxygens (including phenoxy) is 3. The molecule has 0 bridgehead atoms. The molecule has 1 unspecified atom stereocenters. The maximum atomic E-state index is 13.2. The van der Waals surface area contributed by atoms with Crippen molar-refractivity contribution in [3.05, 3.63) is 94.4 Å². The zero-order valence-electron chi connectivity index (χ0n) is 22.3. The molecule has 2 N–H and O–H groups in total. The van der Waals surface area contributed by atoms with Crippen molar-refractivity contribution in [2.24, 2.45) is 7.05 Å². The van der Waals surface area contributed by atoms with Crippen LogP contribution < -0.4 is 25.1 Å². The summed E-state index contributed by atoms with van der Waals surface area (Å²) in [6.07, 6.45) is -1.20. The number of benzene rings is 3. The number of nitrogens with zero attached hydrogens (tertiary/aromatic N) is 2. The number of sulfonamides is 1. The van der Waals surface area contributed by atoms with Gasteiger partial charge in [0.05, 0.1) is 21.8 Å². The number of nitrogens with one attached hydrogen (secondary N) is 2. The number of aromatic nitrogens is 2. The lowest BCUT2D eigenvalue weighted by Crippen LogP contribution is -2.30. The van der Waals surface area contributed by atoms with Crippen LogP contribution in [-0.2, 0) is 26.6 Å². The van der Waals surface area contributed by atoms with Gasteiger partial charge in [0.25, 0.3) is 21.5 Å². The minimum atomic E-state index is -4.28. The molecule has 1 aliphatic rings. The number of para-hydroxylation sites is 1. The predicted octanol–water partition coefficient (Wildman–Crippen LogP) is 3.20. The lowest BCUT2D eigenvalue weighted by molar-refractivity contribution is -0.123. The second kappa shape index (κ2) is 10.8. The van der Waals surface area contributed by atoms with Crippen molar-refractivity contribution in [3.8, 4) is 17.2 Å². The van der Waals surface area contributed by atoms with Crippen molar-refractivity contribution in [1.82, 2.24) is 9.36 Å². The smallest absolute Gasteiger partial charge is 0.338 e. The molecule has 1 amide bonds. The average molecular weight is 579 g/mol. The fourth-order valence-electron chi connectivity index (χ4n) is 4.17. The third-order valence-corrected chi connectivity index (χ3v) is 7.81. The van der Waals surface area contributed by atoms with Crippen LogP contribution in [0.5, 0.6) is 11.5 Å². The van der Waals surface area contributed by atoms with Crippen molar-refractivity contribution in [3.63, 3.8) is 0 Å². The van der Waals surface area contributed by atoms with Gasteiger partial charge in [-0.25, -0.2) is 17.9 Å². The topological polar surface area (TPSA) is 147 Å². The maximum absolute atomic E-state index is 13.2. The van der Waals surface area contributed by atoms with Crippen LogP contribution in [0.15, 0.2) is 82.5 Å². The molecule has 2 heterocycles. The van der Waals surface area contributed by atoms with Crippen molar-refractivity contribution in [2.75, 3.05) is 16.8 Å². The molecule has 0 saturated heterocycles. The van der Waals surface area contributed by atoms with Crippen LogP contribution in [0, 0.1) is 6.92 Å². The van der Waals surface area contributed by atoms with Crippen molar-refractivity contribution < 1.29 is 32.2 Å². The molecule has 4 aromatic rings. The Hall–Kier alpha value is -5.04. The average Bonchev–Trinajstić information content (AvgIpc) is 3.51. The summed E-state index contributed by atoms with van der Waals surface area (Å²) < 4.78 is 47.5. The molecule has 3 aromatic carbocycles. The van der Waals surface area contributed by atoms with Crippen molar-refractivity contribution >= 4 is 33.3 Å². The highest BCUT2D eigenvalue weighted by molar-refractivity contribution is 7.92. The van der Waals surface area contributed by atoms with Gasteiger partial charge >= 0.3 is 5.97 Å². The molecule has 41 heavy (non-hydrogen) atoms. The van der Waals surface area contributed by atoms with Crippen LogP contribution >= 0.6 is 0 Å². The third-order valence-electron chi connectivity index (χ3n) is 6.46. The number of esters is 1. The van der Waals surface area contributed by atoms with E-state index in [0.717, 1.165) is 6.07 Å². The van der Waals surface area contributed by atoms with Gasteiger partial charge in [-0.3, -0.25) is 19.0 Å². The van der Waals surface area contributed by atoms with Crippen molar-refractivity contribution in [2.45, 2.75) is 24.8 Å². The van der Waals surface area contributed by atoms with Gasteiger partial charge in [-0.05, 0) is 56.3 Å². The molecule has 0 spiro atoms. The van der Waals surface area contributed by atoms with E-state index in [4.69, 9.17) is 14.2 Å². The molecule has 1 aromatic heterocycles. The first kappa shape index (κ1) is 27.5. The molecular formula is C28H26N4O8S. The van der Waals surface area contributed by atoms with E-state index < -0.39 is 33.6 Å². The molecular weight excluding hydrogens is 552 g/mol. The third kappa shape index (κ3) is 5.52. The Labute approximate surface area is 235 Å². The highest BCUT2D eigenvalue weighted by Crippen LogP contribution is 2.34. The number of amides is 1. The normalized spacial score (nSPS) is 13.0. The second-order valence-electron chi connectivity index (χ2n) is 9.17. The first-order valence-electron chi connectivity index (χ1n) is 12.4. The number of fused-ring (bicyclic) bond motifs is 1. The summed E-state index contributed by atoms with van der Waals surface area (Å²) in [5.74, 6) is -0.477. The van der Waals surface area contributed by atoms with Gasteiger partial charge < -0.3 is 19.5 Å². The Morgan fingerprint density at radius 2 is 1.71 bits per heavy atom. The monoisotopic (exact) mass is 578 g/mol. The number of carbonyl (C=O) groups excluding carboxylic acids is 2. The largest absolute Gasteiger partial charge is 0.454 e. The highest BCUT2D eigenvalue weighted by atomic mass is 32.2. The van der Waals surface area contributed by atoms with Crippen LogP contribution in [0.25, 0.3) is 5.69 Å². The molecule has 13 heteroatoms. The number of anilines is 2. The molecule has 212 valence electrons. The van der Waals surface area contributed by atoms with E-state index in [9.17, 15) is 22.8 Å². The van der Waals surface area contributed by atoms with Gasteiger partial charge in [0, 0.05) is 18.8 Å². The zero-order valence-corrected chi connectivity index (χ0v) is 23.1. The quantitative estimate of drug-likeness (QED) is 0.303. The lowest BCUT2D eigenvalue weighted by atomic mass is 10.2. The Morgan fingerprint density at radius 1 is 0.976 bits per heavy atom. The second-order valence-corrected chi connectivity index (χ2v) is 10.9. The van der Waals surface area contributed by atoms with Gasteiger partial charge in [-0.2, -0.15) is 0 Å². The Bertz CT molecular complexity index is 1810. The molecule has 0 aliphatic carbocycles. The zero-order chi connectivity index (χ0) is 29.3. The standard InChI is InChI=1S/C28H26N4O8S/c1-17-25(27(34)32(31(17)3)21-9-5-4-6-10-21)30-41(36,37)22-11-7-8-19(14-22)28(35)40-18(2)26(33)29-20-12-13-23-24(15-20)39-16-38-23/h4-15,18,30H,16H2,1-3H3,(H,29,33). The van der Waals surface area contributed by atoms with E-state index in [1.54, 1.807) is 67.2 Å². The van der Waals surface area contributed by atoms with Gasteiger partial charge in [0.15, 0.2) is 17.6 Å². The van der Waals surface area contributed by atoms with Gasteiger partial charge in [-0.15, -0.1) is 0 Å². The summed E-state index contributed by atoms with van der Waals surface area (Å²) in [7, 11) is -2.64. The number of rotatable bonds is 8. The summed E-state index contributed by atoms with van der Waals surface area (Å²) in [4.78, 5) is 38.3. The van der Waals surface area contributed by atoms with E-state index in [2.05, 4.69) is 10.0 Å². The Kier molecular flexibility index (Phi) is 7.28. The molecule has 12 nitrogen and oxygen atoms in total. The van der Waals surface area contributed by atoms with E-state index in [1.807, 2.05) is 0 Å². The van der Waals surface area contributed by atoms with E-state index in [0.29, 0.717) is 28.6 Å². The summed E-state index contributed by atoms with van der Waals surface area (Å²) >= 11 is 0. The van der Waals surface area contributed by atoms with Gasteiger partial charge in [0.2, 0.25) is 6.79 Å². The minimum absolute atomic E-state index is 0.0851. The predicted molar refractivity (Wildman–Crippen MR) is 149 cm³/mol. The van der Waals surface area contributed by atoms with Crippen LogP contribution in [0.4, 0.5) is 11.4 Å². The first-order valence-corrected chi connectivity index (χ1v) is 13.9. The minimum Gasteiger partial charge on any atom is -0.454 e. The van der Waals surface area contributed by atoms with Crippen LogP contribution in [0.2, 0.25) is 0 Å². The maximum Gasteiger partial charge on any atom is 0.338 e. The van der Waals surface area contributed by atoms with E-state index >= 15 is 0 Å². The molecule has 1 atom stereocenters. The van der Waals surface area contributed by atoms with Crippen LogP contribution in [0.3, 0.4) is 0 Å².